The summed E-state index contributed by atoms with van der Waals surface area (Å²) in [6.07, 6.45) is 2.85. The highest BCUT2D eigenvalue weighted by atomic mass is 16.5. The fourth-order valence-electron chi connectivity index (χ4n) is 7.28. The summed E-state index contributed by atoms with van der Waals surface area (Å²) in [5.74, 6) is 0.299. The molecule has 5 nitrogen and oxygen atoms in total. The Kier molecular flexibility index (Phi) is 2.69. The predicted octanol–water partition coefficient (Wildman–Crippen LogP) is 2.25. The lowest BCUT2D eigenvalue weighted by Gasteiger charge is -2.60. The normalized spacial score (nSPS) is 48.8. The molecule has 1 aromatic rings. The van der Waals surface area contributed by atoms with Crippen molar-refractivity contribution in [2.75, 3.05) is 0 Å². The molecule has 5 heteroatoms. The monoisotopic (exact) mass is 350 g/mol. The number of ether oxygens (including phenoxy) is 1. The minimum absolute atomic E-state index is 0.0235. The predicted molar refractivity (Wildman–Crippen MR) is 95.4 cm³/mol. The van der Waals surface area contributed by atoms with Gasteiger partial charge in [0.05, 0.1) is 22.9 Å². The molecule has 26 heavy (non-hydrogen) atoms. The van der Waals surface area contributed by atoms with Crippen LogP contribution in [0.2, 0.25) is 0 Å². The third-order valence-corrected chi connectivity index (χ3v) is 7.91. The van der Waals surface area contributed by atoms with E-state index < -0.39 is 0 Å². The van der Waals surface area contributed by atoms with Crippen molar-refractivity contribution < 1.29 is 14.3 Å². The van der Waals surface area contributed by atoms with Crippen LogP contribution in [-0.4, -0.2) is 47.1 Å². The number of piperidine rings is 4. The van der Waals surface area contributed by atoms with Crippen LogP contribution >= 0.6 is 0 Å². The van der Waals surface area contributed by atoms with Crippen molar-refractivity contribution in [3.8, 4) is 0 Å². The molecule has 7 rings (SSSR count). The summed E-state index contributed by atoms with van der Waals surface area (Å²) in [6.45, 7) is 3.69. The van der Waals surface area contributed by atoms with Gasteiger partial charge in [0, 0.05) is 30.8 Å². The van der Waals surface area contributed by atoms with Gasteiger partial charge >= 0.3 is 5.97 Å². The Hall–Kier alpha value is -2.01. The van der Waals surface area contributed by atoms with Crippen LogP contribution in [0.1, 0.15) is 32.3 Å². The van der Waals surface area contributed by atoms with Crippen molar-refractivity contribution in [3.05, 3.63) is 29.8 Å². The van der Waals surface area contributed by atoms with Crippen LogP contribution in [0, 0.1) is 17.8 Å². The second kappa shape index (κ2) is 4.63. The van der Waals surface area contributed by atoms with Gasteiger partial charge in [-0.05, 0) is 37.3 Å². The standard InChI is InChI=1S/C21H22N2O3/c1-10-13(9-24)12-7-16-19-21(14-5-3-4-6-15(14)22-19)8-17(23(10)16)18(12)20(21)26-11(2)25/h3-6,9-10,12-13,16-18,20H,7-8H2,1-2H3/t10?,12?,13?,16?,17?,18?,20?,21-/m1/s1. The van der Waals surface area contributed by atoms with Crippen LogP contribution < -0.4 is 0 Å². The molecule has 1 aliphatic carbocycles. The van der Waals surface area contributed by atoms with Crippen molar-refractivity contribution in [3.63, 3.8) is 0 Å². The van der Waals surface area contributed by atoms with E-state index in [0.717, 1.165) is 24.8 Å². The molecule has 0 aromatic heterocycles. The first-order valence-corrected chi connectivity index (χ1v) is 9.66. The number of carbonyl (C=O) groups is 2. The van der Waals surface area contributed by atoms with Crippen LogP contribution in [0.4, 0.5) is 5.69 Å². The number of carbonyl (C=O) groups excluding carboxylic acids is 2. The Morgan fingerprint density at radius 3 is 2.96 bits per heavy atom. The maximum absolute atomic E-state index is 12.0. The van der Waals surface area contributed by atoms with Gasteiger partial charge in [-0.3, -0.25) is 14.7 Å². The number of aldehydes is 1. The summed E-state index contributed by atoms with van der Waals surface area (Å²) in [7, 11) is 0. The SMILES string of the molecule is CC(=O)OC1C2C3CC4C5=Nc6ccccc6[C@]51CC2N4C(C)C3C=O. The minimum atomic E-state index is -0.287. The molecule has 0 N–H and O–H groups in total. The first-order chi connectivity index (χ1) is 12.6. The molecular weight excluding hydrogens is 328 g/mol. The quantitative estimate of drug-likeness (QED) is 0.606. The Morgan fingerprint density at radius 1 is 1.38 bits per heavy atom. The van der Waals surface area contributed by atoms with Crippen molar-refractivity contribution in [2.45, 2.75) is 56.3 Å². The zero-order valence-corrected chi connectivity index (χ0v) is 15.0. The van der Waals surface area contributed by atoms with Crippen molar-refractivity contribution in [2.24, 2.45) is 22.7 Å². The Morgan fingerprint density at radius 2 is 2.19 bits per heavy atom. The van der Waals surface area contributed by atoms with E-state index in [1.54, 1.807) is 0 Å². The van der Waals surface area contributed by atoms with Gasteiger partial charge in [0.1, 0.15) is 12.4 Å². The van der Waals surface area contributed by atoms with Crippen LogP contribution in [0.25, 0.3) is 0 Å². The lowest BCUT2D eigenvalue weighted by Crippen LogP contribution is -2.69. The van der Waals surface area contributed by atoms with E-state index in [-0.39, 0.29) is 47.3 Å². The third kappa shape index (κ3) is 1.44. The van der Waals surface area contributed by atoms with E-state index in [1.165, 1.54) is 18.2 Å². The molecule has 0 amide bonds. The van der Waals surface area contributed by atoms with E-state index in [4.69, 9.17) is 9.73 Å². The van der Waals surface area contributed by atoms with Crippen molar-refractivity contribution >= 4 is 23.7 Å². The summed E-state index contributed by atoms with van der Waals surface area (Å²) in [5.41, 5.74) is 3.15. The van der Waals surface area contributed by atoms with E-state index in [1.807, 2.05) is 6.07 Å². The number of aliphatic imine (C=N–C) groups is 1. The number of hydrogen-bond acceptors (Lipinski definition) is 5. The van der Waals surface area contributed by atoms with Gasteiger partial charge < -0.3 is 9.53 Å². The number of nitrogens with zero attached hydrogens (tertiary/aromatic N) is 2. The Bertz CT molecular complexity index is 880. The number of fused-ring (bicyclic) bond motifs is 2. The van der Waals surface area contributed by atoms with Gasteiger partial charge in [0.15, 0.2) is 0 Å². The molecule has 1 aromatic carbocycles. The molecule has 5 bridgehead atoms. The lowest BCUT2D eigenvalue weighted by atomic mass is 9.62. The second-order valence-electron chi connectivity index (χ2n) is 8.68. The van der Waals surface area contributed by atoms with Crippen LogP contribution in [-0.2, 0) is 19.7 Å². The first kappa shape index (κ1) is 15.1. The number of benzene rings is 1. The van der Waals surface area contributed by atoms with Crippen LogP contribution in [0.15, 0.2) is 29.3 Å². The zero-order chi connectivity index (χ0) is 17.8. The molecule has 134 valence electrons. The Balaban J connectivity index is 1.61. The Labute approximate surface area is 152 Å². The van der Waals surface area contributed by atoms with E-state index >= 15 is 0 Å². The van der Waals surface area contributed by atoms with Gasteiger partial charge in [-0.15, -0.1) is 0 Å². The molecule has 6 aliphatic rings. The van der Waals surface area contributed by atoms with Gasteiger partial charge in [-0.2, -0.15) is 0 Å². The first-order valence-electron chi connectivity index (χ1n) is 9.66. The number of hydrogen-bond donors (Lipinski definition) is 0. The lowest BCUT2D eigenvalue weighted by molar-refractivity contribution is -0.159. The van der Waals surface area contributed by atoms with Gasteiger partial charge in [0.2, 0.25) is 0 Å². The summed E-state index contributed by atoms with van der Waals surface area (Å²) in [5, 5.41) is 0. The average Bonchev–Trinajstić information content (AvgIpc) is 3.08. The van der Waals surface area contributed by atoms with Gasteiger partial charge in [0.25, 0.3) is 0 Å². The fourth-order valence-corrected chi connectivity index (χ4v) is 7.28. The summed E-state index contributed by atoms with van der Waals surface area (Å²) in [6, 6.07) is 9.21. The topological polar surface area (TPSA) is 59.0 Å². The summed E-state index contributed by atoms with van der Waals surface area (Å²) in [4.78, 5) is 31.5. The molecule has 8 unspecified atom stereocenters. The van der Waals surface area contributed by atoms with E-state index in [9.17, 15) is 9.59 Å². The molecule has 1 spiro atoms. The maximum atomic E-state index is 12.0. The molecule has 5 aliphatic heterocycles. The van der Waals surface area contributed by atoms with Crippen LogP contribution in [0.3, 0.4) is 0 Å². The molecular formula is C21H22N2O3. The largest absolute Gasteiger partial charge is 0.461 e. The highest BCUT2D eigenvalue weighted by Crippen LogP contribution is 2.67. The van der Waals surface area contributed by atoms with Gasteiger partial charge in [-0.1, -0.05) is 18.2 Å². The number of esters is 1. The van der Waals surface area contributed by atoms with Crippen molar-refractivity contribution in [1.29, 1.82) is 0 Å². The molecule has 0 radical (unpaired) electrons. The smallest absolute Gasteiger partial charge is 0.302 e. The summed E-state index contributed by atoms with van der Waals surface area (Å²) < 4.78 is 6.04. The van der Waals surface area contributed by atoms with Crippen LogP contribution in [0.5, 0.6) is 0 Å². The maximum Gasteiger partial charge on any atom is 0.302 e. The van der Waals surface area contributed by atoms with E-state index in [0.29, 0.717) is 6.04 Å². The zero-order valence-electron chi connectivity index (χ0n) is 15.0. The number of para-hydroxylation sites is 1. The summed E-state index contributed by atoms with van der Waals surface area (Å²) >= 11 is 0. The van der Waals surface area contributed by atoms with Gasteiger partial charge in [-0.25, -0.2) is 0 Å². The number of rotatable bonds is 2. The minimum Gasteiger partial charge on any atom is -0.461 e. The second-order valence-corrected chi connectivity index (χ2v) is 8.68. The molecule has 9 atom stereocenters. The molecule has 5 heterocycles. The molecule has 5 fully saturated rings. The average molecular weight is 350 g/mol. The van der Waals surface area contributed by atoms with E-state index in [2.05, 4.69) is 30.0 Å². The molecule has 4 saturated heterocycles. The van der Waals surface area contributed by atoms with Crippen molar-refractivity contribution in [1.82, 2.24) is 4.90 Å². The fraction of sp³-hybridized carbons (Fsp3) is 0.571. The third-order valence-electron chi connectivity index (χ3n) is 7.91. The highest BCUT2D eigenvalue weighted by Gasteiger charge is 2.75. The highest BCUT2D eigenvalue weighted by molar-refractivity contribution is 6.08. The molecule has 1 saturated carbocycles.